The third-order valence-corrected chi connectivity index (χ3v) is 6.09. The first-order valence-electron chi connectivity index (χ1n) is 10.5. The minimum atomic E-state index is 0.360. The SMILES string of the molecule is Bc1ccc2[nH]c(CN(CCCCN)[C@H]3CCCc4cccnc43)nc2c1B. The highest BCUT2D eigenvalue weighted by Crippen LogP contribution is 2.33. The van der Waals surface area contributed by atoms with Crippen LogP contribution in [0.25, 0.3) is 11.0 Å². The quantitative estimate of drug-likeness (QED) is 0.455. The van der Waals surface area contributed by atoms with Crippen molar-refractivity contribution in [2.45, 2.75) is 44.7 Å². The number of unbranched alkanes of at least 4 members (excludes halogenated alkanes) is 1. The average molecular weight is 373 g/mol. The summed E-state index contributed by atoms with van der Waals surface area (Å²) in [5, 5.41) is 0. The predicted octanol–water partition coefficient (Wildman–Crippen LogP) is 0.0932. The van der Waals surface area contributed by atoms with E-state index in [0.29, 0.717) is 6.04 Å². The van der Waals surface area contributed by atoms with Crippen molar-refractivity contribution in [1.82, 2.24) is 19.9 Å². The Morgan fingerprint density at radius 2 is 2.11 bits per heavy atom. The van der Waals surface area contributed by atoms with Crippen molar-refractivity contribution in [3.8, 4) is 0 Å². The molecule has 0 aliphatic heterocycles. The van der Waals surface area contributed by atoms with Crippen LogP contribution in [-0.2, 0) is 13.0 Å². The lowest BCUT2D eigenvalue weighted by atomic mass is 9.80. The first kappa shape index (κ1) is 19.2. The van der Waals surface area contributed by atoms with Crippen LogP contribution < -0.4 is 16.7 Å². The molecule has 0 saturated carbocycles. The van der Waals surface area contributed by atoms with E-state index >= 15 is 0 Å². The minimum absolute atomic E-state index is 0.360. The Morgan fingerprint density at radius 3 is 2.96 bits per heavy atom. The lowest BCUT2D eigenvalue weighted by Crippen LogP contribution is -2.33. The number of nitrogens with one attached hydrogen (secondary N) is 1. The van der Waals surface area contributed by atoms with E-state index in [9.17, 15) is 0 Å². The standard InChI is InChI=1S/C21H29B2N5/c22-15-8-9-16-21(19(15)23)27-18(26-16)13-28(12-2-1-10-24)17-7-3-5-14-6-4-11-25-20(14)17/h4,6,8-9,11,17H,1-3,5,7,10,12-13,22-24H2,(H,26,27)/t17-/m0/s1. The summed E-state index contributed by atoms with van der Waals surface area (Å²) in [6.45, 7) is 2.59. The number of benzene rings is 1. The molecule has 0 bridgehead atoms. The molecule has 28 heavy (non-hydrogen) atoms. The first-order chi connectivity index (χ1) is 13.7. The van der Waals surface area contributed by atoms with E-state index in [1.54, 1.807) is 0 Å². The number of nitrogens with two attached hydrogens (primary N) is 1. The van der Waals surface area contributed by atoms with Gasteiger partial charge in [0.1, 0.15) is 21.5 Å². The average Bonchev–Trinajstić information content (AvgIpc) is 3.13. The van der Waals surface area contributed by atoms with Crippen LogP contribution in [0.4, 0.5) is 0 Å². The Labute approximate surface area is 169 Å². The van der Waals surface area contributed by atoms with Crippen LogP contribution in [0.1, 0.15) is 48.8 Å². The Hall–Kier alpha value is -2.11. The van der Waals surface area contributed by atoms with Crippen LogP contribution in [0, 0.1) is 0 Å². The molecule has 3 N–H and O–H groups in total. The van der Waals surface area contributed by atoms with Gasteiger partial charge in [-0.15, -0.1) is 0 Å². The maximum atomic E-state index is 5.75. The van der Waals surface area contributed by atoms with Gasteiger partial charge in [0.05, 0.1) is 29.3 Å². The maximum Gasteiger partial charge on any atom is 0.141 e. The zero-order valence-electron chi connectivity index (χ0n) is 17.0. The second-order valence-electron chi connectivity index (χ2n) is 8.01. The van der Waals surface area contributed by atoms with E-state index in [1.807, 2.05) is 6.20 Å². The van der Waals surface area contributed by atoms with E-state index in [2.05, 4.69) is 49.8 Å². The summed E-state index contributed by atoms with van der Waals surface area (Å²) < 4.78 is 0. The molecule has 1 atom stereocenters. The lowest BCUT2D eigenvalue weighted by molar-refractivity contribution is 0.159. The van der Waals surface area contributed by atoms with Gasteiger partial charge in [0, 0.05) is 6.20 Å². The molecule has 0 fully saturated rings. The number of fused-ring (bicyclic) bond motifs is 2. The Morgan fingerprint density at radius 1 is 1.21 bits per heavy atom. The summed E-state index contributed by atoms with van der Waals surface area (Å²) in [7, 11) is 4.30. The van der Waals surface area contributed by atoms with E-state index in [0.717, 1.165) is 62.2 Å². The molecule has 1 aliphatic carbocycles. The first-order valence-corrected chi connectivity index (χ1v) is 10.5. The molecule has 1 aliphatic rings. The summed E-state index contributed by atoms with van der Waals surface area (Å²) in [5.41, 5.74) is 13.2. The topological polar surface area (TPSA) is 70.8 Å². The Bertz CT molecular complexity index is 955. The number of aromatic amines is 1. The predicted molar refractivity (Wildman–Crippen MR) is 121 cm³/mol. The number of imidazole rings is 1. The third-order valence-electron chi connectivity index (χ3n) is 6.09. The van der Waals surface area contributed by atoms with Gasteiger partial charge in [-0.3, -0.25) is 9.88 Å². The Balaban J connectivity index is 1.63. The molecule has 4 rings (SSSR count). The van der Waals surface area contributed by atoms with Crippen LogP contribution in [-0.4, -0.2) is 48.6 Å². The fourth-order valence-electron chi connectivity index (χ4n) is 4.38. The highest BCUT2D eigenvalue weighted by molar-refractivity contribution is 6.52. The van der Waals surface area contributed by atoms with E-state index in [1.165, 1.54) is 28.6 Å². The number of aromatic nitrogens is 3. The number of nitrogens with zero attached hydrogens (tertiary/aromatic N) is 3. The van der Waals surface area contributed by atoms with Crippen molar-refractivity contribution in [1.29, 1.82) is 0 Å². The highest BCUT2D eigenvalue weighted by atomic mass is 15.2. The lowest BCUT2D eigenvalue weighted by Gasteiger charge is -2.34. The molecule has 5 nitrogen and oxygen atoms in total. The van der Waals surface area contributed by atoms with Gasteiger partial charge in [-0.25, -0.2) is 4.98 Å². The van der Waals surface area contributed by atoms with Crippen LogP contribution in [0.2, 0.25) is 0 Å². The molecule has 0 radical (unpaired) electrons. The van der Waals surface area contributed by atoms with Gasteiger partial charge in [-0.1, -0.05) is 23.1 Å². The second-order valence-corrected chi connectivity index (χ2v) is 8.01. The van der Waals surface area contributed by atoms with Gasteiger partial charge >= 0.3 is 0 Å². The van der Waals surface area contributed by atoms with Crippen molar-refractivity contribution in [2.75, 3.05) is 13.1 Å². The maximum absolute atomic E-state index is 5.75. The van der Waals surface area contributed by atoms with Crippen LogP contribution in [0.5, 0.6) is 0 Å². The van der Waals surface area contributed by atoms with Gasteiger partial charge in [0.2, 0.25) is 0 Å². The fourth-order valence-corrected chi connectivity index (χ4v) is 4.38. The van der Waals surface area contributed by atoms with E-state index < -0.39 is 0 Å². The summed E-state index contributed by atoms with van der Waals surface area (Å²) in [5.74, 6) is 1.04. The minimum Gasteiger partial charge on any atom is -0.341 e. The molecule has 0 spiro atoms. The zero-order chi connectivity index (χ0) is 19.5. The largest absolute Gasteiger partial charge is 0.341 e. The van der Waals surface area contributed by atoms with Crippen molar-refractivity contribution < 1.29 is 0 Å². The smallest absolute Gasteiger partial charge is 0.141 e. The van der Waals surface area contributed by atoms with Crippen molar-refractivity contribution >= 4 is 37.7 Å². The van der Waals surface area contributed by atoms with E-state index in [4.69, 9.17) is 15.7 Å². The Kier molecular flexibility index (Phi) is 5.83. The van der Waals surface area contributed by atoms with Crippen LogP contribution >= 0.6 is 0 Å². The highest BCUT2D eigenvalue weighted by Gasteiger charge is 2.27. The number of hydrogen-bond donors (Lipinski definition) is 2. The zero-order valence-corrected chi connectivity index (χ0v) is 17.0. The number of rotatable bonds is 7. The molecule has 0 unspecified atom stereocenters. The molecule has 3 aromatic rings. The number of pyridine rings is 1. The van der Waals surface area contributed by atoms with Crippen molar-refractivity contribution in [3.05, 3.63) is 47.5 Å². The molecule has 7 heteroatoms. The molecule has 2 aromatic heterocycles. The summed E-state index contributed by atoms with van der Waals surface area (Å²) in [6, 6.07) is 8.97. The van der Waals surface area contributed by atoms with Gasteiger partial charge in [-0.05, 0) is 62.9 Å². The van der Waals surface area contributed by atoms with Gasteiger partial charge < -0.3 is 10.7 Å². The number of hydrogen-bond acceptors (Lipinski definition) is 4. The fraction of sp³-hybridized carbons (Fsp3) is 0.429. The van der Waals surface area contributed by atoms with Crippen molar-refractivity contribution in [3.63, 3.8) is 0 Å². The van der Waals surface area contributed by atoms with Gasteiger partial charge in [-0.2, -0.15) is 0 Å². The van der Waals surface area contributed by atoms with Gasteiger partial charge in [0.15, 0.2) is 0 Å². The molecule has 1 aromatic carbocycles. The van der Waals surface area contributed by atoms with Crippen molar-refractivity contribution in [2.24, 2.45) is 5.73 Å². The summed E-state index contributed by atoms with van der Waals surface area (Å²) >= 11 is 0. The molecule has 0 saturated heterocycles. The summed E-state index contributed by atoms with van der Waals surface area (Å²) in [4.78, 5) is 15.8. The van der Waals surface area contributed by atoms with Crippen LogP contribution in [0.15, 0.2) is 30.5 Å². The van der Waals surface area contributed by atoms with Gasteiger partial charge in [0.25, 0.3) is 0 Å². The monoisotopic (exact) mass is 373 g/mol. The third kappa shape index (κ3) is 3.87. The number of aryl methyl sites for hydroxylation is 1. The molecular formula is C21H29B2N5. The van der Waals surface area contributed by atoms with Crippen LogP contribution in [0.3, 0.4) is 0 Å². The number of H-pyrrole nitrogens is 1. The summed E-state index contributed by atoms with van der Waals surface area (Å²) in [6.07, 6.45) is 7.60. The second kappa shape index (κ2) is 8.50. The molecule has 0 amide bonds. The normalized spacial score (nSPS) is 16.6. The molecule has 2 heterocycles. The van der Waals surface area contributed by atoms with E-state index in [-0.39, 0.29) is 0 Å². The molecule has 144 valence electrons. The molecular weight excluding hydrogens is 344 g/mol.